The molecule has 1 amide bonds. The molecule has 0 fully saturated rings. The van der Waals surface area contributed by atoms with E-state index in [0.29, 0.717) is 12.4 Å². The second kappa shape index (κ2) is 4.56. The maximum atomic E-state index is 11.1. The third-order valence-corrected chi connectivity index (χ3v) is 2.25. The number of nitrogens with two attached hydrogens (primary N) is 2. The van der Waals surface area contributed by atoms with Crippen molar-refractivity contribution in [3.8, 4) is 0 Å². The van der Waals surface area contributed by atoms with Crippen LogP contribution in [0.5, 0.6) is 0 Å². The van der Waals surface area contributed by atoms with Crippen LogP contribution in [0.25, 0.3) is 0 Å². The first-order valence-corrected chi connectivity index (χ1v) is 4.97. The Kier molecular flexibility index (Phi) is 2.95. The molecule has 0 aliphatic heterocycles. The van der Waals surface area contributed by atoms with Crippen LogP contribution in [0.4, 0.5) is 11.5 Å². The lowest BCUT2D eigenvalue weighted by molar-refractivity contribution is 0.100. The Bertz CT molecular complexity index is 522. The van der Waals surface area contributed by atoms with Crippen molar-refractivity contribution in [2.24, 2.45) is 5.73 Å². The fourth-order valence-electron chi connectivity index (χ4n) is 1.36. The van der Waals surface area contributed by atoms with Gasteiger partial charge < -0.3 is 21.2 Å². The van der Waals surface area contributed by atoms with Crippen LogP contribution in [0.3, 0.4) is 0 Å². The normalized spacial score (nSPS) is 10.1. The van der Waals surface area contributed by atoms with Gasteiger partial charge in [-0.3, -0.25) is 4.79 Å². The van der Waals surface area contributed by atoms with E-state index in [4.69, 9.17) is 15.9 Å². The van der Waals surface area contributed by atoms with Gasteiger partial charge in [-0.1, -0.05) is 0 Å². The molecule has 17 heavy (non-hydrogen) atoms. The topological polar surface area (TPSA) is 107 Å². The van der Waals surface area contributed by atoms with Crippen molar-refractivity contribution in [1.82, 2.24) is 4.98 Å². The number of hydrogen-bond acceptors (Lipinski definition) is 5. The predicted molar refractivity (Wildman–Crippen MR) is 63.2 cm³/mol. The van der Waals surface area contributed by atoms with E-state index in [1.807, 2.05) is 6.07 Å². The van der Waals surface area contributed by atoms with Gasteiger partial charge in [-0.25, -0.2) is 4.98 Å². The number of pyridine rings is 1. The van der Waals surface area contributed by atoms with Gasteiger partial charge in [-0.05, 0) is 12.1 Å². The van der Waals surface area contributed by atoms with Crippen LogP contribution in [-0.4, -0.2) is 10.9 Å². The molecule has 0 spiro atoms. The number of carbonyl (C=O) groups excluding carboxylic acids is 1. The van der Waals surface area contributed by atoms with Gasteiger partial charge in [0.1, 0.15) is 5.82 Å². The highest BCUT2D eigenvalue weighted by Gasteiger charge is 2.07. The van der Waals surface area contributed by atoms with Crippen LogP contribution >= 0.6 is 0 Å². The predicted octanol–water partition coefficient (Wildman–Crippen LogP) is 0.968. The van der Waals surface area contributed by atoms with Crippen molar-refractivity contribution in [2.45, 2.75) is 6.54 Å². The summed E-state index contributed by atoms with van der Waals surface area (Å²) in [5, 5.41) is 3.04. The standard InChI is InChI=1S/C11H12N4O2/c12-9-5-15-10(3-8(9)11(13)16)14-4-7-1-2-17-6-7/h1-3,5-6H,4,12H2,(H2,13,16)(H,14,15). The molecule has 0 bridgehead atoms. The second-order valence-corrected chi connectivity index (χ2v) is 3.51. The number of aromatic nitrogens is 1. The van der Waals surface area contributed by atoms with Crippen LogP contribution < -0.4 is 16.8 Å². The Morgan fingerprint density at radius 3 is 3.00 bits per heavy atom. The van der Waals surface area contributed by atoms with E-state index >= 15 is 0 Å². The lowest BCUT2D eigenvalue weighted by atomic mass is 10.2. The molecule has 2 rings (SSSR count). The second-order valence-electron chi connectivity index (χ2n) is 3.51. The number of anilines is 2. The fourth-order valence-corrected chi connectivity index (χ4v) is 1.36. The van der Waals surface area contributed by atoms with Gasteiger partial charge in [0.2, 0.25) is 0 Å². The Balaban J connectivity index is 2.11. The Morgan fingerprint density at radius 2 is 2.35 bits per heavy atom. The van der Waals surface area contributed by atoms with Crippen LogP contribution in [-0.2, 0) is 6.54 Å². The Hall–Kier alpha value is -2.50. The largest absolute Gasteiger partial charge is 0.472 e. The first kappa shape index (κ1) is 11.0. The molecular formula is C11H12N4O2. The molecule has 5 N–H and O–H groups in total. The molecule has 6 heteroatoms. The van der Waals surface area contributed by atoms with E-state index in [9.17, 15) is 4.79 Å². The third kappa shape index (κ3) is 2.54. The van der Waals surface area contributed by atoms with Crippen LogP contribution in [0.1, 0.15) is 15.9 Å². The number of hydrogen-bond donors (Lipinski definition) is 3. The van der Waals surface area contributed by atoms with Crippen molar-refractivity contribution >= 4 is 17.4 Å². The van der Waals surface area contributed by atoms with E-state index in [1.54, 1.807) is 12.5 Å². The number of nitrogens with one attached hydrogen (secondary N) is 1. The number of amides is 1. The van der Waals surface area contributed by atoms with Gasteiger partial charge in [0.05, 0.1) is 30.0 Å². The molecule has 0 atom stereocenters. The molecule has 0 aromatic carbocycles. The van der Waals surface area contributed by atoms with Crippen LogP contribution in [0.15, 0.2) is 35.3 Å². The minimum absolute atomic E-state index is 0.259. The molecule has 0 saturated carbocycles. The maximum absolute atomic E-state index is 11.1. The molecule has 88 valence electrons. The van der Waals surface area contributed by atoms with Gasteiger partial charge in [-0.15, -0.1) is 0 Å². The lowest BCUT2D eigenvalue weighted by Crippen LogP contribution is -2.14. The highest BCUT2D eigenvalue weighted by Crippen LogP contribution is 2.14. The zero-order chi connectivity index (χ0) is 12.3. The van der Waals surface area contributed by atoms with E-state index in [0.717, 1.165) is 5.56 Å². The smallest absolute Gasteiger partial charge is 0.250 e. The zero-order valence-electron chi connectivity index (χ0n) is 9.01. The number of furan rings is 1. The number of carbonyl (C=O) groups is 1. The summed E-state index contributed by atoms with van der Waals surface area (Å²) in [7, 11) is 0. The molecule has 0 radical (unpaired) electrons. The Morgan fingerprint density at radius 1 is 1.53 bits per heavy atom. The average Bonchev–Trinajstić information content (AvgIpc) is 2.80. The minimum Gasteiger partial charge on any atom is -0.472 e. The van der Waals surface area contributed by atoms with Gasteiger partial charge in [0.15, 0.2) is 0 Å². The monoisotopic (exact) mass is 232 g/mol. The Labute approximate surface area is 97.6 Å². The lowest BCUT2D eigenvalue weighted by Gasteiger charge is -2.06. The minimum atomic E-state index is -0.573. The summed E-state index contributed by atoms with van der Waals surface area (Å²) >= 11 is 0. The molecule has 2 aromatic rings. The molecule has 0 aliphatic rings. The number of nitrogens with zero attached hydrogens (tertiary/aromatic N) is 1. The SMILES string of the molecule is NC(=O)c1cc(NCc2ccoc2)ncc1N. The van der Waals surface area contributed by atoms with Crippen molar-refractivity contribution in [1.29, 1.82) is 0 Å². The quantitative estimate of drug-likeness (QED) is 0.728. The highest BCUT2D eigenvalue weighted by molar-refractivity contribution is 5.98. The summed E-state index contributed by atoms with van der Waals surface area (Å²) in [5.74, 6) is -0.0366. The summed E-state index contributed by atoms with van der Waals surface area (Å²) < 4.78 is 4.93. The van der Waals surface area contributed by atoms with Crippen molar-refractivity contribution in [2.75, 3.05) is 11.1 Å². The van der Waals surface area contributed by atoms with Gasteiger partial charge in [0, 0.05) is 12.1 Å². The molecule has 2 aromatic heterocycles. The summed E-state index contributed by atoms with van der Waals surface area (Å²) in [4.78, 5) is 15.1. The van der Waals surface area contributed by atoms with Crippen LogP contribution in [0, 0.1) is 0 Å². The summed E-state index contributed by atoms with van der Waals surface area (Å²) in [5.41, 5.74) is 12.3. The van der Waals surface area contributed by atoms with Gasteiger partial charge >= 0.3 is 0 Å². The van der Waals surface area contributed by atoms with E-state index < -0.39 is 5.91 Å². The number of nitrogen functional groups attached to an aromatic ring is 1. The zero-order valence-corrected chi connectivity index (χ0v) is 9.01. The number of primary amides is 1. The molecule has 0 saturated heterocycles. The highest BCUT2D eigenvalue weighted by atomic mass is 16.3. The average molecular weight is 232 g/mol. The fraction of sp³-hybridized carbons (Fsp3) is 0.0909. The molecule has 6 nitrogen and oxygen atoms in total. The van der Waals surface area contributed by atoms with Crippen molar-refractivity contribution in [3.05, 3.63) is 42.0 Å². The third-order valence-electron chi connectivity index (χ3n) is 2.25. The van der Waals surface area contributed by atoms with E-state index in [1.165, 1.54) is 12.3 Å². The molecular weight excluding hydrogens is 220 g/mol. The van der Waals surface area contributed by atoms with Crippen LogP contribution in [0.2, 0.25) is 0 Å². The summed E-state index contributed by atoms with van der Waals surface area (Å²) in [6, 6.07) is 3.36. The number of rotatable bonds is 4. The van der Waals surface area contributed by atoms with Gasteiger partial charge in [-0.2, -0.15) is 0 Å². The summed E-state index contributed by atoms with van der Waals surface area (Å²) in [6.45, 7) is 0.547. The first-order chi connectivity index (χ1) is 8.16. The first-order valence-electron chi connectivity index (χ1n) is 4.97. The van der Waals surface area contributed by atoms with Crippen molar-refractivity contribution < 1.29 is 9.21 Å². The molecule has 2 heterocycles. The van der Waals surface area contributed by atoms with Gasteiger partial charge in [0.25, 0.3) is 5.91 Å². The molecule has 0 unspecified atom stereocenters. The summed E-state index contributed by atoms with van der Waals surface area (Å²) in [6.07, 6.45) is 4.61. The maximum Gasteiger partial charge on any atom is 0.250 e. The van der Waals surface area contributed by atoms with E-state index in [2.05, 4.69) is 10.3 Å². The molecule has 0 aliphatic carbocycles. The van der Waals surface area contributed by atoms with Crippen molar-refractivity contribution in [3.63, 3.8) is 0 Å². The van der Waals surface area contributed by atoms with E-state index in [-0.39, 0.29) is 11.3 Å².